The van der Waals surface area contributed by atoms with Gasteiger partial charge in [-0.2, -0.15) is 10.1 Å². The van der Waals surface area contributed by atoms with Crippen molar-refractivity contribution in [2.75, 3.05) is 22.6 Å². The molecule has 0 saturated carbocycles. The van der Waals surface area contributed by atoms with E-state index < -0.39 is 0 Å². The van der Waals surface area contributed by atoms with Crippen LogP contribution in [0.3, 0.4) is 0 Å². The van der Waals surface area contributed by atoms with Gasteiger partial charge < -0.3 is 20.7 Å². The second kappa shape index (κ2) is 9.27. The van der Waals surface area contributed by atoms with E-state index in [1.807, 2.05) is 12.1 Å². The van der Waals surface area contributed by atoms with Gasteiger partial charge in [0.25, 0.3) is 0 Å². The van der Waals surface area contributed by atoms with Gasteiger partial charge in [0.05, 0.1) is 18.4 Å². The molecule has 9 heteroatoms. The predicted octanol–water partition coefficient (Wildman–Crippen LogP) is 3.49. The number of hydrogen-bond donors (Lipinski definition) is 3. The summed E-state index contributed by atoms with van der Waals surface area (Å²) in [5, 5.41) is 16.8. The van der Waals surface area contributed by atoms with Gasteiger partial charge in [0.2, 0.25) is 11.9 Å². The Morgan fingerprint density at radius 2 is 1.76 bits per heavy atom. The fourth-order valence-corrected chi connectivity index (χ4v) is 2.48. The Morgan fingerprint density at radius 1 is 1.00 bits per heavy atom. The molecule has 29 heavy (non-hydrogen) atoms. The third-order valence-electron chi connectivity index (χ3n) is 3.67. The maximum absolute atomic E-state index is 11.7. The van der Waals surface area contributed by atoms with Crippen LogP contribution in [0, 0.1) is 0 Å². The lowest BCUT2D eigenvalue weighted by Crippen LogP contribution is -2.06. The zero-order valence-corrected chi connectivity index (χ0v) is 16.0. The number of benzene rings is 2. The molecule has 0 aliphatic rings. The van der Waals surface area contributed by atoms with Crippen LogP contribution < -0.4 is 16.0 Å². The molecule has 0 bridgehead atoms. The largest absolute Gasteiger partial charge is 0.462 e. The van der Waals surface area contributed by atoms with Crippen molar-refractivity contribution in [2.45, 2.75) is 13.8 Å². The number of nitrogens with one attached hydrogen (secondary N) is 3. The van der Waals surface area contributed by atoms with Crippen molar-refractivity contribution in [1.29, 1.82) is 0 Å². The highest BCUT2D eigenvalue weighted by Gasteiger charge is 2.07. The second-order valence-corrected chi connectivity index (χ2v) is 5.98. The number of anilines is 5. The van der Waals surface area contributed by atoms with Crippen molar-refractivity contribution in [3.63, 3.8) is 0 Å². The summed E-state index contributed by atoms with van der Waals surface area (Å²) < 4.78 is 4.96. The number of hydrogen-bond acceptors (Lipinski definition) is 8. The number of ether oxygens (including phenoxy) is 1. The van der Waals surface area contributed by atoms with E-state index in [0.29, 0.717) is 29.4 Å². The first-order valence-corrected chi connectivity index (χ1v) is 8.92. The monoisotopic (exact) mass is 392 g/mol. The van der Waals surface area contributed by atoms with E-state index in [1.54, 1.807) is 43.3 Å². The quantitative estimate of drug-likeness (QED) is 0.523. The maximum Gasteiger partial charge on any atom is 0.338 e. The normalized spacial score (nSPS) is 10.1. The Morgan fingerprint density at radius 3 is 2.48 bits per heavy atom. The van der Waals surface area contributed by atoms with Crippen LogP contribution in [0.4, 0.5) is 28.8 Å². The molecule has 0 radical (unpaired) electrons. The van der Waals surface area contributed by atoms with Crippen LogP contribution in [-0.4, -0.2) is 33.7 Å². The van der Waals surface area contributed by atoms with Crippen LogP contribution in [0.2, 0.25) is 0 Å². The lowest BCUT2D eigenvalue weighted by atomic mass is 10.2. The number of nitrogens with zero attached hydrogens (tertiary/aromatic N) is 3. The number of amides is 1. The highest BCUT2D eigenvalue weighted by Crippen LogP contribution is 2.20. The van der Waals surface area contributed by atoms with Gasteiger partial charge in [-0.05, 0) is 49.4 Å². The third kappa shape index (κ3) is 5.73. The first kappa shape index (κ1) is 19.7. The lowest BCUT2D eigenvalue weighted by Gasteiger charge is -2.09. The molecule has 148 valence electrons. The highest BCUT2D eigenvalue weighted by molar-refractivity contribution is 5.90. The molecule has 2 aromatic carbocycles. The number of aromatic nitrogens is 3. The fraction of sp³-hybridized carbons (Fsp3) is 0.150. The van der Waals surface area contributed by atoms with E-state index in [2.05, 4.69) is 31.1 Å². The summed E-state index contributed by atoms with van der Waals surface area (Å²) in [4.78, 5) is 27.3. The molecule has 0 aliphatic carbocycles. The van der Waals surface area contributed by atoms with Crippen molar-refractivity contribution in [3.8, 4) is 0 Å². The van der Waals surface area contributed by atoms with Gasteiger partial charge in [0.1, 0.15) is 0 Å². The van der Waals surface area contributed by atoms with Gasteiger partial charge in [-0.25, -0.2) is 4.79 Å². The van der Waals surface area contributed by atoms with E-state index in [0.717, 1.165) is 5.69 Å². The number of rotatable bonds is 7. The average molecular weight is 392 g/mol. The molecule has 3 N–H and O–H groups in total. The van der Waals surface area contributed by atoms with Gasteiger partial charge in [0.15, 0.2) is 5.82 Å². The first-order chi connectivity index (χ1) is 14.0. The molecule has 3 rings (SSSR count). The van der Waals surface area contributed by atoms with Gasteiger partial charge >= 0.3 is 5.97 Å². The molecule has 9 nitrogen and oxygen atoms in total. The highest BCUT2D eigenvalue weighted by atomic mass is 16.5. The van der Waals surface area contributed by atoms with Crippen LogP contribution in [-0.2, 0) is 9.53 Å². The minimum Gasteiger partial charge on any atom is -0.462 e. The van der Waals surface area contributed by atoms with Gasteiger partial charge in [-0.1, -0.05) is 6.07 Å². The number of carbonyl (C=O) groups is 2. The lowest BCUT2D eigenvalue weighted by molar-refractivity contribution is -0.114. The Hall–Kier alpha value is -4.01. The minimum absolute atomic E-state index is 0.147. The van der Waals surface area contributed by atoms with Crippen molar-refractivity contribution in [3.05, 3.63) is 60.3 Å². The maximum atomic E-state index is 11.7. The molecule has 0 saturated heterocycles. The molecule has 0 unspecified atom stereocenters. The Labute approximate surface area is 167 Å². The van der Waals surface area contributed by atoms with E-state index in [1.165, 1.54) is 13.1 Å². The van der Waals surface area contributed by atoms with Gasteiger partial charge in [0, 0.05) is 24.0 Å². The van der Waals surface area contributed by atoms with Crippen molar-refractivity contribution in [2.24, 2.45) is 0 Å². The standard InChI is InChI=1S/C20H20N6O3/c1-3-29-19(28)14-7-9-15(10-8-14)24-20-25-18(12-21-26-20)23-17-6-4-5-16(11-17)22-13(2)27/h4-12H,3H2,1-2H3,(H,22,27)(H2,23,24,25,26). The molecule has 0 atom stereocenters. The number of carbonyl (C=O) groups excluding carboxylic acids is 2. The van der Waals surface area contributed by atoms with Crippen LogP contribution >= 0.6 is 0 Å². The van der Waals surface area contributed by atoms with Gasteiger partial charge in [-0.3, -0.25) is 4.79 Å². The molecular formula is C20H20N6O3. The molecule has 1 heterocycles. The van der Waals surface area contributed by atoms with Crippen LogP contribution in [0.1, 0.15) is 24.2 Å². The summed E-state index contributed by atoms with van der Waals surface area (Å²) >= 11 is 0. The van der Waals surface area contributed by atoms with Crippen LogP contribution in [0.5, 0.6) is 0 Å². The summed E-state index contributed by atoms with van der Waals surface area (Å²) in [6, 6.07) is 14.0. The average Bonchev–Trinajstić information content (AvgIpc) is 2.69. The van der Waals surface area contributed by atoms with E-state index in [9.17, 15) is 9.59 Å². The summed E-state index contributed by atoms with van der Waals surface area (Å²) in [7, 11) is 0. The van der Waals surface area contributed by atoms with Crippen molar-refractivity contribution < 1.29 is 14.3 Å². The summed E-state index contributed by atoms with van der Waals surface area (Å²) in [5.41, 5.74) is 2.57. The fourth-order valence-electron chi connectivity index (χ4n) is 2.48. The summed E-state index contributed by atoms with van der Waals surface area (Å²) in [6.07, 6.45) is 1.49. The molecule has 3 aromatic rings. The molecule has 1 amide bonds. The molecule has 0 aliphatic heterocycles. The Kier molecular flexibility index (Phi) is 6.31. The summed E-state index contributed by atoms with van der Waals surface area (Å²) in [6.45, 7) is 3.53. The van der Waals surface area contributed by atoms with Crippen LogP contribution in [0.15, 0.2) is 54.7 Å². The smallest absolute Gasteiger partial charge is 0.338 e. The minimum atomic E-state index is -0.371. The van der Waals surface area contributed by atoms with E-state index in [4.69, 9.17) is 4.74 Å². The third-order valence-corrected chi connectivity index (χ3v) is 3.67. The molecule has 0 spiro atoms. The predicted molar refractivity (Wildman–Crippen MR) is 110 cm³/mol. The zero-order valence-electron chi connectivity index (χ0n) is 16.0. The topological polar surface area (TPSA) is 118 Å². The second-order valence-electron chi connectivity index (χ2n) is 5.98. The Bertz CT molecular complexity index is 1010. The van der Waals surface area contributed by atoms with E-state index >= 15 is 0 Å². The van der Waals surface area contributed by atoms with Crippen molar-refractivity contribution in [1.82, 2.24) is 15.2 Å². The van der Waals surface area contributed by atoms with E-state index in [-0.39, 0.29) is 17.8 Å². The van der Waals surface area contributed by atoms with Crippen LogP contribution in [0.25, 0.3) is 0 Å². The molecular weight excluding hydrogens is 372 g/mol. The SMILES string of the molecule is CCOC(=O)c1ccc(Nc2nncc(Nc3cccc(NC(C)=O)c3)n2)cc1. The molecule has 1 aromatic heterocycles. The summed E-state index contributed by atoms with van der Waals surface area (Å²) in [5.74, 6) is 0.249. The number of esters is 1. The zero-order chi connectivity index (χ0) is 20.6. The first-order valence-electron chi connectivity index (χ1n) is 8.92. The molecule has 0 fully saturated rings. The Balaban J connectivity index is 1.68. The van der Waals surface area contributed by atoms with Crippen molar-refractivity contribution >= 4 is 40.7 Å². The van der Waals surface area contributed by atoms with Gasteiger partial charge in [-0.15, -0.1) is 5.10 Å².